The van der Waals surface area contributed by atoms with Crippen molar-refractivity contribution in [2.75, 3.05) is 0 Å². The SMILES string of the molecule is CC(C)(C)[S@](=O)N=C(c1ccc(CCCCC(F)(F)F)cc1)C(F)(F)F. The zero-order chi connectivity index (χ0) is 20.2. The number of hydrogen-bond donors (Lipinski definition) is 0. The number of hydrogen-bond acceptors (Lipinski definition) is 1. The van der Waals surface area contributed by atoms with Crippen LogP contribution in [0.15, 0.2) is 28.7 Å². The summed E-state index contributed by atoms with van der Waals surface area (Å²) in [6.45, 7) is 4.56. The zero-order valence-corrected chi connectivity index (χ0v) is 15.5. The van der Waals surface area contributed by atoms with Gasteiger partial charge in [-0.25, -0.2) is 4.21 Å². The molecule has 0 unspecified atom stereocenters. The predicted molar refractivity (Wildman–Crippen MR) is 90.5 cm³/mol. The van der Waals surface area contributed by atoms with Crippen LogP contribution < -0.4 is 0 Å². The van der Waals surface area contributed by atoms with Gasteiger partial charge < -0.3 is 0 Å². The van der Waals surface area contributed by atoms with Gasteiger partial charge in [-0.15, -0.1) is 0 Å². The van der Waals surface area contributed by atoms with Gasteiger partial charge in [-0.05, 0) is 45.6 Å². The van der Waals surface area contributed by atoms with Crippen LogP contribution in [0.3, 0.4) is 0 Å². The summed E-state index contributed by atoms with van der Waals surface area (Å²) in [5.41, 5.74) is -0.821. The molecule has 1 aromatic carbocycles. The standard InChI is InChI=1S/C17H21F6NOS/c1-15(2,3)26(25)24-14(17(21,22)23)13-9-7-12(8-10-13)6-4-5-11-16(18,19)20/h7-10H,4-6,11H2,1-3H3/t26-/m0/s1. The van der Waals surface area contributed by atoms with Crippen molar-refractivity contribution in [1.29, 1.82) is 0 Å². The summed E-state index contributed by atoms with van der Waals surface area (Å²) in [5, 5.41) is 0. The fourth-order valence-corrected chi connectivity index (χ4v) is 2.62. The number of aryl methyl sites for hydroxylation is 1. The van der Waals surface area contributed by atoms with Crippen LogP contribution in [0.4, 0.5) is 26.3 Å². The van der Waals surface area contributed by atoms with E-state index in [-0.39, 0.29) is 18.4 Å². The number of alkyl halides is 6. The van der Waals surface area contributed by atoms with E-state index >= 15 is 0 Å². The van der Waals surface area contributed by atoms with Crippen molar-refractivity contribution >= 4 is 16.7 Å². The van der Waals surface area contributed by atoms with Crippen molar-refractivity contribution < 1.29 is 30.6 Å². The fourth-order valence-electron chi connectivity index (χ4n) is 1.97. The second kappa shape index (κ2) is 8.54. The first-order valence-electron chi connectivity index (χ1n) is 7.94. The highest BCUT2D eigenvalue weighted by atomic mass is 32.2. The highest BCUT2D eigenvalue weighted by molar-refractivity contribution is 7.85. The summed E-state index contributed by atoms with van der Waals surface area (Å²) in [6.07, 6.45) is -9.27. The Morgan fingerprint density at radius 1 is 0.962 bits per heavy atom. The van der Waals surface area contributed by atoms with Crippen molar-refractivity contribution in [2.24, 2.45) is 4.40 Å². The third-order valence-corrected chi connectivity index (χ3v) is 4.77. The molecule has 0 saturated heterocycles. The van der Waals surface area contributed by atoms with E-state index in [0.717, 1.165) is 0 Å². The van der Waals surface area contributed by atoms with Gasteiger partial charge in [0.05, 0.1) is 4.75 Å². The molecule has 0 aromatic heterocycles. The third-order valence-electron chi connectivity index (χ3n) is 3.37. The molecule has 0 saturated carbocycles. The number of rotatable bonds is 6. The van der Waals surface area contributed by atoms with Gasteiger partial charge in [-0.2, -0.15) is 30.7 Å². The summed E-state index contributed by atoms with van der Waals surface area (Å²) in [6, 6.07) is 5.24. The molecule has 0 N–H and O–H groups in total. The molecule has 1 atom stereocenters. The van der Waals surface area contributed by atoms with Gasteiger partial charge >= 0.3 is 12.4 Å². The Morgan fingerprint density at radius 2 is 1.50 bits per heavy atom. The quantitative estimate of drug-likeness (QED) is 0.338. The smallest absolute Gasteiger partial charge is 0.234 e. The Labute approximate surface area is 151 Å². The Hall–Kier alpha value is -1.38. The molecule has 1 aromatic rings. The minimum Gasteiger partial charge on any atom is -0.234 e. The maximum atomic E-state index is 13.2. The zero-order valence-electron chi connectivity index (χ0n) is 14.7. The molecule has 2 nitrogen and oxygen atoms in total. The second-order valence-corrected chi connectivity index (χ2v) is 8.72. The Balaban J connectivity index is 2.89. The predicted octanol–water partition coefficient (Wildman–Crippen LogP) is 5.78. The van der Waals surface area contributed by atoms with E-state index in [1.807, 2.05) is 0 Å². The van der Waals surface area contributed by atoms with Crippen molar-refractivity contribution in [3.63, 3.8) is 0 Å². The normalized spacial score (nSPS) is 15.2. The van der Waals surface area contributed by atoms with E-state index in [4.69, 9.17) is 0 Å². The van der Waals surface area contributed by atoms with Crippen molar-refractivity contribution in [2.45, 2.75) is 63.6 Å². The molecule has 0 aliphatic rings. The molecule has 1 rings (SSSR count). The number of halogens is 6. The monoisotopic (exact) mass is 401 g/mol. The van der Waals surface area contributed by atoms with E-state index in [1.165, 1.54) is 45.0 Å². The average Bonchev–Trinajstić information content (AvgIpc) is 2.46. The highest BCUT2D eigenvalue weighted by Gasteiger charge is 2.38. The van der Waals surface area contributed by atoms with Gasteiger partial charge in [0.15, 0.2) is 5.71 Å². The number of nitrogens with zero attached hydrogens (tertiary/aromatic N) is 1. The molecule has 148 valence electrons. The third kappa shape index (κ3) is 7.88. The number of unbranched alkanes of at least 4 members (excludes halogenated alkanes) is 1. The summed E-state index contributed by atoms with van der Waals surface area (Å²) in [4.78, 5) is 0. The summed E-state index contributed by atoms with van der Waals surface area (Å²) >= 11 is 0. The van der Waals surface area contributed by atoms with Crippen molar-refractivity contribution in [3.05, 3.63) is 35.4 Å². The van der Waals surface area contributed by atoms with E-state index in [0.29, 0.717) is 12.0 Å². The lowest BCUT2D eigenvalue weighted by Crippen LogP contribution is -2.28. The molecule has 26 heavy (non-hydrogen) atoms. The Morgan fingerprint density at radius 3 is 1.92 bits per heavy atom. The van der Waals surface area contributed by atoms with Gasteiger partial charge in [-0.1, -0.05) is 24.3 Å². The Bertz CT molecular complexity index is 641. The van der Waals surface area contributed by atoms with E-state index < -0.39 is 40.2 Å². The van der Waals surface area contributed by atoms with E-state index in [2.05, 4.69) is 4.40 Å². The maximum Gasteiger partial charge on any atom is 0.434 e. The lowest BCUT2D eigenvalue weighted by Gasteiger charge is -2.16. The first kappa shape index (κ1) is 22.7. The molecule has 0 heterocycles. The van der Waals surface area contributed by atoms with Gasteiger partial charge in [0.25, 0.3) is 0 Å². The molecule has 9 heteroatoms. The second-order valence-electron chi connectivity index (χ2n) is 6.82. The van der Waals surface area contributed by atoms with Gasteiger partial charge in [0, 0.05) is 12.0 Å². The lowest BCUT2D eigenvalue weighted by molar-refractivity contribution is -0.135. The first-order chi connectivity index (χ1) is 11.7. The average molecular weight is 401 g/mol. The minimum atomic E-state index is -4.77. The van der Waals surface area contributed by atoms with Crippen LogP contribution in [0.2, 0.25) is 0 Å². The van der Waals surface area contributed by atoms with Crippen LogP contribution in [-0.2, 0) is 17.4 Å². The van der Waals surface area contributed by atoms with Crippen LogP contribution in [-0.4, -0.2) is 27.0 Å². The molecule has 0 spiro atoms. The topological polar surface area (TPSA) is 29.4 Å². The van der Waals surface area contributed by atoms with Crippen LogP contribution in [0, 0.1) is 0 Å². The first-order valence-corrected chi connectivity index (χ1v) is 9.05. The lowest BCUT2D eigenvalue weighted by atomic mass is 10.0. The highest BCUT2D eigenvalue weighted by Crippen LogP contribution is 2.26. The Kier molecular flexibility index (Phi) is 7.44. The largest absolute Gasteiger partial charge is 0.434 e. The van der Waals surface area contributed by atoms with Crippen LogP contribution >= 0.6 is 0 Å². The summed E-state index contributed by atoms with van der Waals surface area (Å²) < 4.78 is 90.3. The summed E-state index contributed by atoms with van der Waals surface area (Å²) in [5.74, 6) is 0. The molecular weight excluding hydrogens is 380 g/mol. The molecule has 0 fully saturated rings. The van der Waals surface area contributed by atoms with Crippen LogP contribution in [0.25, 0.3) is 0 Å². The summed E-state index contributed by atoms with van der Waals surface area (Å²) in [7, 11) is -2.07. The molecule has 0 radical (unpaired) electrons. The number of benzene rings is 1. The molecule has 0 bridgehead atoms. The fraction of sp³-hybridized carbons (Fsp3) is 0.588. The van der Waals surface area contributed by atoms with Crippen LogP contribution in [0.1, 0.15) is 51.2 Å². The molecule has 0 aliphatic heterocycles. The van der Waals surface area contributed by atoms with Gasteiger partial charge in [0.2, 0.25) is 0 Å². The molecule has 0 aliphatic carbocycles. The minimum absolute atomic E-state index is 0.0366. The molecular formula is C17H21F6NOS. The van der Waals surface area contributed by atoms with Crippen LogP contribution in [0.5, 0.6) is 0 Å². The van der Waals surface area contributed by atoms with E-state index in [9.17, 15) is 30.6 Å². The van der Waals surface area contributed by atoms with Crippen molar-refractivity contribution in [3.8, 4) is 0 Å². The van der Waals surface area contributed by atoms with Crippen molar-refractivity contribution in [1.82, 2.24) is 0 Å². The van der Waals surface area contributed by atoms with Gasteiger partial charge in [0.1, 0.15) is 11.0 Å². The van der Waals surface area contributed by atoms with Gasteiger partial charge in [-0.3, -0.25) is 0 Å². The van der Waals surface area contributed by atoms with E-state index in [1.54, 1.807) is 0 Å². The molecule has 0 amide bonds. The maximum absolute atomic E-state index is 13.2.